The van der Waals surface area contributed by atoms with E-state index in [0.29, 0.717) is 25.3 Å². The Labute approximate surface area is 176 Å². The highest BCUT2D eigenvalue weighted by atomic mass is 19.2. The second-order valence-electron chi connectivity index (χ2n) is 7.98. The van der Waals surface area contributed by atoms with E-state index >= 15 is 0 Å². The fraction of sp³-hybridized carbons (Fsp3) is 0.364. The number of rotatable bonds is 5. The van der Waals surface area contributed by atoms with Crippen LogP contribution in [0.4, 0.5) is 28.9 Å². The Kier molecular flexibility index (Phi) is 5.84. The highest BCUT2D eigenvalue weighted by Crippen LogP contribution is 2.28. The summed E-state index contributed by atoms with van der Waals surface area (Å²) in [5.74, 6) is -4.51. The van der Waals surface area contributed by atoms with Crippen LogP contribution in [-0.2, 0) is 9.59 Å². The number of amides is 2. The van der Waals surface area contributed by atoms with Crippen molar-refractivity contribution in [2.75, 3.05) is 36.0 Å². The number of halogens is 4. The number of nitrogens with zero attached hydrogens (tertiary/aromatic N) is 2. The molecule has 0 spiro atoms. The fourth-order valence-corrected chi connectivity index (χ4v) is 4.13. The van der Waals surface area contributed by atoms with Crippen LogP contribution in [0.3, 0.4) is 0 Å². The molecule has 0 aromatic heterocycles. The van der Waals surface area contributed by atoms with Crippen molar-refractivity contribution in [3.63, 3.8) is 0 Å². The van der Waals surface area contributed by atoms with Crippen molar-refractivity contribution in [1.82, 2.24) is 5.32 Å². The van der Waals surface area contributed by atoms with E-state index in [1.54, 1.807) is 0 Å². The highest BCUT2D eigenvalue weighted by molar-refractivity contribution is 6.00. The summed E-state index contributed by atoms with van der Waals surface area (Å²) in [5.41, 5.74) is 0.683. The first-order chi connectivity index (χ1) is 14.8. The molecule has 9 heteroatoms. The topological polar surface area (TPSA) is 52.7 Å². The average Bonchev–Trinajstić information content (AvgIpc) is 3.34. The van der Waals surface area contributed by atoms with Crippen LogP contribution in [0.1, 0.15) is 12.8 Å². The van der Waals surface area contributed by atoms with Crippen molar-refractivity contribution in [1.29, 1.82) is 0 Å². The van der Waals surface area contributed by atoms with E-state index in [1.165, 1.54) is 11.0 Å². The molecular weight excluding hydrogens is 414 g/mol. The molecule has 0 aliphatic carbocycles. The Bertz CT molecular complexity index is 996. The number of carbonyl (C=O) groups is 2. The first-order valence-electron chi connectivity index (χ1n) is 10.0. The number of anilines is 2. The Morgan fingerprint density at radius 1 is 0.968 bits per heavy atom. The summed E-state index contributed by atoms with van der Waals surface area (Å²) >= 11 is 0. The van der Waals surface area contributed by atoms with E-state index in [2.05, 4.69) is 5.32 Å². The molecule has 0 saturated carbocycles. The maximum atomic E-state index is 13.5. The van der Waals surface area contributed by atoms with Crippen molar-refractivity contribution in [3.05, 3.63) is 59.7 Å². The molecule has 164 valence electrons. The van der Waals surface area contributed by atoms with Crippen LogP contribution in [0, 0.1) is 35.1 Å². The van der Waals surface area contributed by atoms with E-state index in [4.69, 9.17) is 0 Å². The predicted octanol–water partition coefficient (Wildman–Crippen LogP) is 3.24. The lowest BCUT2D eigenvalue weighted by Crippen LogP contribution is -2.36. The molecule has 2 unspecified atom stereocenters. The molecule has 2 aromatic rings. The van der Waals surface area contributed by atoms with Gasteiger partial charge in [0.25, 0.3) is 0 Å². The molecule has 2 aromatic carbocycles. The first kappa shape index (κ1) is 21.1. The van der Waals surface area contributed by atoms with Gasteiger partial charge in [-0.15, -0.1) is 0 Å². The molecule has 2 atom stereocenters. The number of nitrogens with one attached hydrogen (secondary N) is 1. The normalized spacial score (nSPS) is 21.1. The molecule has 1 N–H and O–H groups in total. The van der Waals surface area contributed by atoms with Gasteiger partial charge in [-0.3, -0.25) is 9.59 Å². The Hall–Kier alpha value is -3.10. The molecule has 2 heterocycles. The second-order valence-corrected chi connectivity index (χ2v) is 7.98. The van der Waals surface area contributed by atoms with Crippen molar-refractivity contribution in [2.24, 2.45) is 11.8 Å². The van der Waals surface area contributed by atoms with Gasteiger partial charge in [0.2, 0.25) is 11.8 Å². The molecular formula is C22H21F4N3O2. The third-order valence-corrected chi connectivity index (χ3v) is 5.77. The van der Waals surface area contributed by atoms with Crippen LogP contribution in [0.2, 0.25) is 0 Å². The minimum atomic E-state index is -0.900. The minimum Gasteiger partial charge on any atom is -0.371 e. The average molecular weight is 435 g/mol. The highest BCUT2D eigenvalue weighted by Gasteiger charge is 2.36. The summed E-state index contributed by atoms with van der Waals surface area (Å²) in [4.78, 5) is 28.0. The van der Waals surface area contributed by atoms with Gasteiger partial charge < -0.3 is 15.1 Å². The molecule has 0 radical (unpaired) electrons. The third kappa shape index (κ3) is 4.65. The van der Waals surface area contributed by atoms with Crippen molar-refractivity contribution < 1.29 is 27.2 Å². The zero-order valence-electron chi connectivity index (χ0n) is 16.6. The van der Waals surface area contributed by atoms with Gasteiger partial charge in [0, 0.05) is 56.1 Å². The van der Waals surface area contributed by atoms with Gasteiger partial charge >= 0.3 is 0 Å². The van der Waals surface area contributed by atoms with Crippen LogP contribution in [0.5, 0.6) is 0 Å². The van der Waals surface area contributed by atoms with E-state index in [1.807, 2.05) is 4.90 Å². The SMILES string of the molecule is O=C(NCC1CCN(c2ccc(F)c(F)c2)C1)C1CC(=O)N(c2cc(F)cc(F)c2)C1. The van der Waals surface area contributed by atoms with E-state index < -0.39 is 29.2 Å². The molecule has 2 aliphatic rings. The van der Waals surface area contributed by atoms with Crippen LogP contribution < -0.4 is 15.1 Å². The number of carbonyl (C=O) groups excluding carboxylic acids is 2. The lowest BCUT2D eigenvalue weighted by molar-refractivity contribution is -0.126. The molecule has 2 fully saturated rings. The summed E-state index contributed by atoms with van der Waals surface area (Å²) in [6.45, 7) is 1.69. The molecule has 2 saturated heterocycles. The standard InChI is InChI=1S/C22H21F4N3O2/c23-15-6-16(24)8-18(7-15)29-12-14(5-21(29)30)22(31)27-10-13-3-4-28(11-13)17-1-2-19(25)20(26)9-17/h1-2,6-9,13-14H,3-5,10-12H2,(H,27,31). The largest absolute Gasteiger partial charge is 0.371 e. The smallest absolute Gasteiger partial charge is 0.227 e. The Morgan fingerprint density at radius 2 is 1.71 bits per heavy atom. The molecule has 31 heavy (non-hydrogen) atoms. The Morgan fingerprint density at radius 3 is 2.42 bits per heavy atom. The Balaban J connectivity index is 1.30. The maximum Gasteiger partial charge on any atom is 0.227 e. The first-order valence-corrected chi connectivity index (χ1v) is 10.0. The zero-order valence-corrected chi connectivity index (χ0v) is 16.6. The zero-order chi connectivity index (χ0) is 22.1. The van der Waals surface area contributed by atoms with Crippen molar-refractivity contribution in [3.8, 4) is 0 Å². The fourth-order valence-electron chi connectivity index (χ4n) is 4.13. The summed E-state index contributed by atoms with van der Waals surface area (Å²) in [6, 6.07) is 6.61. The van der Waals surface area contributed by atoms with Crippen LogP contribution in [-0.4, -0.2) is 38.0 Å². The number of hydrogen-bond donors (Lipinski definition) is 1. The van der Waals surface area contributed by atoms with E-state index in [9.17, 15) is 27.2 Å². The van der Waals surface area contributed by atoms with Gasteiger partial charge in [0.1, 0.15) is 11.6 Å². The maximum absolute atomic E-state index is 13.5. The quantitative estimate of drug-likeness (QED) is 0.734. The summed E-state index contributed by atoms with van der Waals surface area (Å²) in [6.07, 6.45) is 0.743. The van der Waals surface area contributed by atoms with Gasteiger partial charge in [-0.25, -0.2) is 17.6 Å². The third-order valence-electron chi connectivity index (χ3n) is 5.77. The lowest BCUT2D eigenvalue weighted by atomic mass is 10.1. The molecule has 2 aliphatic heterocycles. The predicted molar refractivity (Wildman–Crippen MR) is 107 cm³/mol. The second kappa shape index (κ2) is 8.56. The number of benzene rings is 2. The monoisotopic (exact) mass is 435 g/mol. The summed E-state index contributed by atoms with van der Waals surface area (Å²) < 4.78 is 53.5. The van der Waals surface area contributed by atoms with E-state index in [-0.39, 0.29) is 36.4 Å². The van der Waals surface area contributed by atoms with Crippen molar-refractivity contribution in [2.45, 2.75) is 12.8 Å². The van der Waals surface area contributed by atoms with Crippen LogP contribution in [0.15, 0.2) is 36.4 Å². The van der Waals surface area contributed by atoms with Gasteiger partial charge in [0.05, 0.1) is 5.92 Å². The molecule has 4 rings (SSSR count). The van der Waals surface area contributed by atoms with Crippen molar-refractivity contribution >= 4 is 23.2 Å². The van der Waals surface area contributed by atoms with Crippen LogP contribution in [0.25, 0.3) is 0 Å². The number of hydrogen-bond acceptors (Lipinski definition) is 3. The van der Waals surface area contributed by atoms with Gasteiger partial charge in [-0.1, -0.05) is 0 Å². The molecule has 2 amide bonds. The van der Waals surface area contributed by atoms with Gasteiger partial charge in [-0.05, 0) is 36.6 Å². The summed E-state index contributed by atoms with van der Waals surface area (Å²) in [5, 5.41) is 2.85. The lowest BCUT2D eigenvalue weighted by Gasteiger charge is -2.19. The van der Waals surface area contributed by atoms with Crippen LogP contribution >= 0.6 is 0 Å². The summed E-state index contributed by atoms with van der Waals surface area (Å²) in [7, 11) is 0. The van der Waals surface area contributed by atoms with Gasteiger partial charge in [0.15, 0.2) is 11.6 Å². The van der Waals surface area contributed by atoms with E-state index in [0.717, 1.165) is 36.8 Å². The minimum absolute atomic E-state index is 0.0321. The molecule has 5 nitrogen and oxygen atoms in total. The molecule has 0 bridgehead atoms. The van der Waals surface area contributed by atoms with Gasteiger partial charge in [-0.2, -0.15) is 0 Å².